The lowest BCUT2D eigenvalue weighted by molar-refractivity contribution is -0.137. The van der Waals surface area contributed by atoms with Gasteiger partial charge in [-0.25, -0.2) is 24.9 Å². The Hall–Kier alpha value is -3.65. The van der Waals surface area contributed by atoms with Crippen molar-refractivity contribution in [2.45, 2.75) is 37.9 Å². The monoisotopic (exact) mass is 550 g/mol. The van der Waals surface area contributed by atoms with Gasteiger partial charge in [-0.2, -0.15) is 13.2 Å². The zero-order valence-electron chi connectivity index (χ0n) is 19.3. The molecule has 2 N–H and O–H groups in total. The molecule has 1 atom stereocenters. The summed E-state index contributed by atoms with van der Waals surface area (Å²) in [6.45, 7) is 1.68. The molecule has 4 aromatic heterocycles. The van der Waals surface area contributed by atoms with Crippen molar-refractivity contribution < 1.29 is 22.8 Å². The fraction of sp³-hybridized carbons (Fsp3) is 0.318. The van der Waals surface area contributed by atoms with Crippen LogP contribution in [0.15, 0.2) is 24.8 Å². The van der Waals surface area contributed by atoms with Gasteiger partial charge in [-0.1, -0.05) is 11.6 Å². The number of imidazole rings is 1. The fourth-order valence-corrected chi connectivity index (χ4v) is 4.74. The van der Waals surface area contributed by atoms with Crippen LogP contribution >= 0.6 is 22.9 Å². The summed E-state index contributed by atoms with van der Waals surface area (Å²) in [5, 5.41) is 4.93. The highest BCUT2D eigenvalue weighted by molar-refractivity contribution is 7.13. The second kappa shape index (κ2) is 9.34. The minimum Gasteiger partial charge on any atom is -0.342 e. The Bertz CT molecular complexity index is 1530. The van der Waals surface area contributed by atoms with E-state index in [-0.39, 0.29) is 16.4 Å². The predicted molar refractivity (Wildman–Crippen MR) is 128 cm³/mol. The van der Waals surface area contributed by atoms with E-state index >= 15 is 0 Å². The van der Waals surface area contributed by atoms with E-state index in [0.717, 1.165) is 36.2 Å². The second-order valence-electron chi connectivity index (χ2n) is 8.46. The molecule has 192 valence electrons. The van der Waals surface area contributed by atoms with Crippen LogP contribution in [-0.2, 0) is 13.2 Å². The van der Waals surface area contributed by atoms with Crippen LogP contribution < -0.4 is 10.6 Å². The summed E-state index contributed by atoms with van der Waals surface area (Å²) in [5.74, 6) is -0.273. The first-order valence-electron chi connectivity index (χ1n) is 11.0. The SMILES string of the molecule is C[C@@H](NC(=O)c1ncnc2c1nc(C1CC1)n2C)c1ncc(C(=O)Nc2cc(C(F)(F)F)c(Cl)cn2)s1. The molecule has 1 aliphatic rings. The fourth-order valence-electron chi connectivity index (χ4n) is 3.71. The number of nitrogens with zero attached hydrogens (tertiary/aromatic N) is 6. The number of carbonyl (C=O) groups excluding carboxylic acids is 2. The van der Waals surface area contributed by atoms with Crippen LogP contribution in [0.5, 0.6) is 0 Å². The predicted octanol–water partition coefficient (Wildman–Crippen LogP) is 4.51. The van der Waals surface area contributed by atoms with Gasteiger partial charge >= 0.3 is 6.18 Å². The highest BCUT2D eigenvalue weighted by atomic mass is 35.5. The molecule has 0 spiro atoms. The van der Waals surface area contributed by atoms with Crippen LogP contribution in [0.3, 0.4) is 0 Å². The molecule has 0 aliphatic heterocycles. The molecule has 10 nitrogen and oxygen atoms in total. The van der Waals surface area contributed by atoms with Crippen LogP contribution in [0.2, 0.25) is 5.02 Å². The highest BCUT2D eigenvalue weighted by Crippen LogP contribution is 2.40. The normalized spacial score (nSPS) is 14.5. The Morgan fingerprint density at radius 2 is 1.92 bits per heavy atom. The van der Waals surface area contributed by atoms with Gasteiger partial charge < -0.3 is 15.2 Å². The number of thiazole rings is 1. The summed E-state index contributed by atoms with van der Waals surface area (Å²) in [6, 6.07) is 0.0564. The molecule has 4 heterocycles. The third kappa shape index (κ3) is 4.98. The standard InChI is InChI=1S/C22H18ClF3N8O2S/c1-9(31-20(36)16-15-18(30-8-29-16)34(2)17(33-15)10-3-4-10)21-28-7-13(37-21)19(35)32-14-5-11(22(24,25)26)12(23)6-27-14/h5-10H,3-4H2,1-2H3,(H,31,36)(H,27,32,35)/t9-/m1/s1. The van der Waals surface area contributed by atoms with Crippen molar-refractivity contribution in [3.63, 3.8) is 0 Å². The van der Waals surface area contributed by atoms with Crippen molar-refractivity contribution in [1.29, 1.82) is 0 Å². The first-order valence-corrected chi connectivity index (χ1v) is 12.2. The van der Waals surface area contributed by atoms with Crippen LogP contribution in [-0.4, -0.2) is 41.3 Å². The van der Waals surface area contributed by atoms with Gasteiger partial charge in [0.2, 0.25) is 0 Å². The van der Waals surface area contributed by atoms with Crippen molar-refractivity contribution >= 4 is 51.7 Å². The maximum atomic E-state index is 13.1. The maximum Gasteiger partial charge on any atom is 0.418 e. The number of nitrogens with one attached hydrogen (secondary N) is 2. The lowest BCUT2D eigenvalue weighted by atomic mass is 10.2. The molecular formula is C22H18ClF3N8O2S. The molecule has 1 aliphatic carbocycles. The summed E-state index contributed by atoms with van der Waals surface area (Å²) in [7, 11) is 1.85. The number of hydrogen-bond donors (Lipinski definition) is 2. The molecule has 5 rings (SSSR count). The molecule has 1 fully saturated rings. The van der Waals surface area contributed by atoms with Crippen LogP contribution in [0, 0.1) is 0 Å². The lowest BCUT2D eigenvalue weighted by Crippen LogP contribution is -2.27. The van der Waals surface area contributed by atoms with Gasteiger partial charge in [-0.05, 0) is 25.8 Å². The summed E-state index contributed by atoms with van der Waals surface area (Å²) in [6.07, 6.45) is 0.772. The van der Waals surface area contributed by atoms with Crippen LogP contribution in [0.25, 0.3) is 11.2 Å². The summed E-state index contributed by atoms with van der Waals surface area (Å²) >= 11 is 6.54. The lowest BCUT2D eigenvalue weighted by Gasteiger charge is -2.11. The second-order valence-corrected chi connectivity index (χ2v) is 9.93. The zero-order valence-corrected chi connectivity index (χ0v) is 20.9. The maximum absolute atomic E-state index is 13.1. The van der Waals surface area contributed by atoms with Gasteiger partial charge in [0, 0.05) is 19.2 Å². The number of pyridine rings is 1. The van der Waals surface area contributed by atoms with Crippen LogP contribution in [0.1, 0.15) is 68.3 Å². The van der Waals surface area contributed by atoms with Gasteiger partial charge in [0.15, 0.2) is 11.3 Å². The number of hydrogen-bond acceptors (Lipinski definition) is 8. The molecule has 2 amide bonds. The van der Waals surface area contributed by atoms with E-state index in [0.29, 0.717) is 28.2 Å². The van der Waals surface area contributed by atoms with E-state index in [1.807, 2.05) is 11.6 Å². The number of halogens is 4. The van der Waals surface area contributed by atoms with E-state index in [2.05, 4.69) is 35.6 Å². The van der Waals surface area contributed by atoms with Gasteiger partial charge in [0.05, 0.1) is 22.8 Å². The average molecular weight is 551 g/mol. The van der Waals surface area contributed by atoms with Crippen molar-refractivity contribution in [1.82, 2.24) is 34.8 Å². The van der Waals surface area contributed by atoms with Crippen molar-refractivity contribution in [2.75, 3.05) is 5.32 Å². The molecule has 0 unspecified atom stereocenters. The third-order valence-corrected chi connectivity index (χ3v) is 7.20. The molecule has 15 heteroatoms. The van der Waals surface area contributed by atoms with E-state index in [9.17, 15) is 22.8 Å². The number of rotatable bonds is 6. The Balaban J connectivity index is 1.29. The van der Waals surface area contributed by atoms with Gasteiger partial charge in [-0.3, -0.25) is 9.59 Å². The number of aryl methyl sites for hydroxylation is 1. The third-order valence-electron chi connectivity index (χ3n) is 5.72. The number of amides is 2. The quantitative estimate of drug-likeness (QED) is 0.361. The first kappa shape index (κ1) is 25.0. The van der Waals surface area contributed by atoms with Crippen LogP contribution in [0.4, 0.5) is 19.0 Å². The average Bonchev–Trinajstić information content (AvgIpc) is 3.45. The topological polar surface area (TPSA) is 128 Å². The molecule has 0 bridgehead atoms. The number of aromatic nitrogens is 6. The van der Waals surface area contributed by atoms with E-state index < -0.39 is 34.6 Å². The minimum absolute atomic E-state index is 0.115. The number of carbonyl (C=O) groups is 2. The Morgan fingerprint density at radius 1 is 1.16 bits per heavy atom. The smallest absolute Gasteiger partial charge is 0.342 e. The summed E-state index contributed by atoms with van der Waals surface area (Å²) < 4.78 is 41.1. The molecule has 1 saturated carbocycles. The van der Waals surface area contributed by atoms with Crippen molar-refractivity contribution in [2.24, 2.45) is 7.05 Å². The summed E-state index contributed by atoms with van der Waals surface area (Å²) in [5.41, 5.74) is -0.0168. The Labute approximate surface area is 216 Å². The van der Waals surface area contributed by atoms with E-state index in [1.165, 1.54) is 12.5 Å². The van der Waals surface area contributed by atoms with Gasteiger partial charge in [0.1, 0.15) is 33.4 Å². The van der Waals surface area contributed by atoms with Gasteiger partial charge in [-0.15, -0.1) is 11.3 Å². The minimum atomic E-state index is -4.70. The van der Waals surface area contributed by atoms with E-state index in [1.54, 1.807) is 6.92 Å². The van der Waals surface area contributed by atoms with Crippen molar-refractivity contribution in [3.05, 3.63) is 56.8 Å². The summed E-state index contributed by atoms with van der Waals surface area (Å²) in [4.78, 5) is 46.6. The molecule has 0 aromatic carbocycles. The number of fused-ring (bicyclic) bond motifs is 1. The van der Waals surface area contributed by atoms with E-state index in [4.69, 9.17) is 11.6 Å². The molecule has 37 heavy (non-hydrogen) atoms. The highest BCUT2D eigenvalue weighted by Gasteiger charge is 2.34. The molecular weight excluding hydrogens is 533 g/mol. The molecule has 0 radical (unpaired) electrons. The zero-order chi connectivity index (χ0) is 26.5. The number of anilines is 1. The largest absolute Gasteiger partial charge is 0.418 e. The first-order chi connectivity index (χ1) is 17.5. The van der Waals surface area contributed by atoms with Crippen molar-refractivity contribution in [3.8, 4) is 0 Å². The Morgan fingerprint density at radius 3 is 2.62 bits per heavy atom. The Kier molecular flexibility index (Phi) is 6.31. The molecule has 4 aromatic rings. The molecule has 0 saturated heterocycles. The van der Waals surface area contributed by atoms with Gasteiger partial charge in [0.25, 0.3) is 11.8 Å². The number of alkyl halides is 3.